The van der Waals surface area contributed by atoms with Crippen molar-refractivity contribution in [1.29, 1.82) is 0 Å². The number of carboxylic acid groups (broad SMARTS) is 1. The fourth-order valence-corrected chi connectivity index (χ4v) is 3.58. The van der Waals surface area contributed by atoms with Crippen molar-refractivity contribution in [2.75, 3.05) is 18.5 Å². The van der Waals surface area contributed by atoms with E-state index in [2.05, 4.69) is 5.32 Å². The molecule has 3 rings (SSSR count). The summed E-state index contributed by atoms with van der Waals surface area (Å²) < 4.78 is 30.8. The number of likely N-dealkylation sites (N-methyl/N-ethyl adjacent to an activating group) is 1. The number of carbonyl (C=O) groups excluding carboxylic acids is 3. The van der Waals surface area contributed by atoms with E-state index in [0.717, 1.165) is 21.9 Å². The fourth-order valence-electron chi connectivity index (χ4n) is 3.58. The molecule has 2 N–H and O–H groups in total. The number of ketones is 1. The number of halogens is 2. The number of aryl methyl sites for hydroxylation is 1. The number of amides is 3. The van der Waals surface area contributed by atoms with Crippen molar-refractivity contribution >= 4 is 29.4 Å². The van der Waals surface area contributed by atoms with Crippen LogP contribution in [0.4, 0.5) is 19.3 Å². The van der Waals surface area contributed by atoms with E-state index < -0.39 is 47.6 Å². The summed E-state index contributed by atoms with van der Waals surface area (Å²) in [5.74, 6) is -6.05. The van der Waals surface area contributed by atoms with Crippen molar-refractivity contribution in [3.05, 3.63) is 77.5 Å². The van der Waals surface area contributed by atoms with Gasteiger partial charge in [-0.25, -0.2) is 4.79 Å². The van der Waals surface area contributed by atoms with E-state index in [4.69, 9.17) is 5.11 Å². The third-order valence-corrected chi connectivity index (χ3v) is 5.38. The summed E-state index contributed by atoms with van der Waals surface area (Å²) in [5, 5.41) is 11.2. The van der Waals surface area contributed by atoms with Crippen LogP contribution in [-0.4, -0.2) is 53.3 Å². The highest BCUT2D eigenvalue weighted by atomic mass is 19.3. The Morgan fingerprint density at radius 2 is 1.85 bits per heavy atom. The van der Waals surface area contributed by atoms with E-state index in [1.807, 2.05) is 0 Å². The Balaban J connectivity index is 2.06. The topological polar surface area (TPSA) is 107 Å². The molecule has 0 bridgehead atoms. The van der Waals surface area contributed by atoms with E-state index in [1.165, 1.54) is 43.6 Å². The van der Waals surface area contributed by atoms with Crippen LogP contribution in [0.2, 0.25) is 0 Å². The first-order valence-corrected chi connectivity index (χ1v) is 10.4. The second-order valence-electron chi connectivity index (χ2n) is 7.76. The molecule has 1 aliphatic heterocycles. The molecule has 2 aromatic rings. The maximum atomic E-state index is 15.4. The van der Waals surface area contributed by atoms with Crippen LogP contribution in [0, 0.1) is 6.92 Å². The van der Waals surface area contributed by atoms with Crippen molar-refractivity contribution < 1.29 is 33.1 Å². The van der Waals surface area contributed by atoms with Crippen LogP contribution in [0.3, 0.4) is 0 Å². The Hall–Kier alpha value is -4.08. The normalized spacial score (nSPS) is 15.9. The molecule has 0 spiro atoms. The molecular weight excluding hydrogens is 448 g/mol. The zero-order valence-corrected chi connectivity index (χ0v) is 18.5. The summed E-state index contributed by atoms with van der Waals surface area (Å²) in [4.78, 5) is 51.1. The van der Waals surface area contributed by atoms with Crippen LogP contribution in [0.1, 0.15) is 23.1 Å². The third-order valence-electron chi connectivity index (χ3n) is 5.38. The highest BCUT2D eigenvalue weighted by molar-refractivity contribution is 6.19. The first-order chi connectivity index (χ1) is 16.0. The predicted molar refractivity (Wildman–Crippen MR) is 119 cm³/mol. The quantitative estimate of drug-likeness (QED) is 0.604. The standard InChI is InChI=1S/C24H23F2N3O5/c1-15-6-3-4-9-18(15)24(25,26)16-7-5-8-17(14-16)29(23(34)27-12-10-20(31)32)21-19(30)11-13-28(2)22(21)33/h3-9,11,13-14,21H,10,12H2,1-2H3,(H,27,34)(H,31,32)/t21-/m1/s1. The van der Waals surface area contributed by atoms with Crippen LogP contribution in [0.5, 0.6) is 0 Å². The number of nitrogens with one attached hydrogen (secondary N) is 1. The monoisotopic (exact) mass is 471 g/mol. The van der Waals surface area contributed by atoms with Crippen LogP contribution in [0.25, 0.3) is 0 Å². The molecule has 8 nitrogen and oxygen atoms in total. The zero-order valence-electron chi connectivity index (χ0n) is 18.5. The summed E-state index contributed by atoms with van der Waals surface area (Å²) in [6, 6.07) is 8.23. The molecule has 0 fully saturated rings. The predicted octanol–water partition coefficient (Wildman–Crippen LogP) is 3.05. The minimum Gasteiger partial charge on any atom is -0.481 e. The number of hydrogen-bond donors (Lipinski definition) is 2. The number of urea groups is 1. The first kappa shape index (κ1) is 24.6. The lowest BCUT2D eigenvalue weighted by Crippen LogP contribution is -2.57. The van der Waals surface area contributed by atoms with Crippen molar-refractivity contribution in [2.24, 2.45) is 0 Å². The molecule has 1 aliphatic rings. The lowest BCUT2D eigenvalue weighted by Gasteiger charge is -2.33. The molecule has 0 aliphatic carbocycles. The van der Waals surface area contributed by atoms with E-state index in [1.54, 1.807) is 19.1 Å². The van der Waals surface area contributed by atoms with E-state index in [9.17, 15) is 19.2 Å². The first-order valence-electron chi connectivity index (χ1n) is 10.4. The van der Waals surface area contributed by atoms with Gasteiger partial charge in [0.05, 0.1) is 6.42 Å². The molecule has 0 radical (unpaired) electrons. The second kappa shape index (κ2) is 9.82. The average Bonchev–Trinajstić information content (AvgIpc) is 2.79. The highest BCUT2D eigenvalue weighted by Crippen LogP contribution is 2.39. The number of carbonyl (C=O) groups is 4. The van der Waals surface area contributed by atoms with Gasteiger partial charge in [0, 0.05) is 42.7 Å². The number of carboxylic acids is 1. The van der Waals surface area contributed by atoms with Gasteiger partial charge in [-0.05, 0) is 24.6 Å². The van der Waals surface area contributed by atoms with Gasteiger partial charge in [0.1, 0.15) is 0 Å². The number of anilines is 1. The molecular formula is C24H23F2N3O5. The van der Waals surface area contributed by atoms with E-state index in [0.29, 0.717) is 5.56 Å². The number of benzene rings is 2. The summed E-state index contributed by atoms with van der Waals surface area (Å²) >= 11 is 0. The molecule has 0 unspecified atom stereocenters. The van der Waals surface area contributed by atoms with Crippen molar-refractivity contribution in [1.82, 2.24) is 10.2 Å². The summed E-state index contributed by atoms with van der Waals surface area (Å²) in [6.45, 7) is 1.27. The number of aliphatic carboxylic acids is 1. The smallest absolute Gasteiger partial charge is 0.323 e. The van der Waals surface area contributed by atoms with Gasteiger partial charge in [-0.15, -0.1) is 0 Å². The highest BCUT2D eigenvalue weighted by Gasteiger charge is 2.41. The van der Waals surface area contributed by atoms with Crippen LogP contribution in [-0.2, 0) is 20.3 Å². The number of nitrogens with zero attached hydrogens (tertiary/aromatic N) is 2. The molecule has 34 heavy (non-hydrogen) atoms. The van der Waals surface area contributed by atoms with Gasteiger partial charge in [0.25, 0.3) is 11.8 Å². The van der Waals surface area contributed by atoms with Crippen molar-refractivity contribution in [2.45, 2.75) is 25.3 Å². The number of hydrogen-bond acceptors (Lipinski definition) is 4. The molecule has 0 saturated carbocycles. The van der Waals surface area contributed by atoms with Gasteiger partial charge in [0.2, 0.25) is 0 Å². The van der Waals surface area contributed by atoms with Crippen molar-refractivity contribution in [3.63, 3.8) is 0 Å². The molecule has 2 aromatic carbocycles. The van der Waals surface area contributed by atoms with E-state index >= 15 is 8.78 Å². The molecule has 0 aromatic heterocycles. The summed E-state index contributed by atoms with van der Waals surface area (Å²) in [6.07, 6.45) is 1.94. The zero-order chi connectivity index (χ0) is 25.0. The van der Waals surface area contributed by atoms with Crippen LogP contribution >= 0.6 is 0 Å². The fraction of sp³-hybridized carbons (Fsp3) is 0.250. The minimum absolute atomic E-state index is 0.117. The average molecular weight is 471 g/mol. The lowest BCUT2D eigenvalue weighted by molar-refractivity contribution is -0.137. The molecule has 1 atom stereocenters. The molecule has 1 heterocycles. The molecule has 0 saturated heterocycles. The Labute approximate surface area is 194 Å². The van der Waals surface area contributed by atoms with Gasteiger partial charge in [0.15, 0.2) is 11.8 Å². The minimum atomic E-state index is -3.43. The van der Waals surface area contributed by atoms with Crippen molar-refractivity contribution in [3.8, 4) is 0 Å². The summed E-state index contributed by atoms with van der Waals surface area (Å²) in [7, 11) is 1.39. The lowest BCUT2D eigenvalue weighted by atomic mass is 9.95. The maximum Gasteiger partial charge on any atom is 0.323 e. The largest absolute Gasteiger partial charge is 0.481 e. The van der Waals surface area contributed by atoms with E-state index in [-0.39, 0.29) is 17.8 Å². The van der Waals surface area contributed by atoms with Gasteiger partial charge >= 0.3 is 12.0 Å². The maximum absolute atomic E-state index is 15.4. The SMILES string of the molecule is Cc1ccccc1C(F)(F)c1cccc(N(C(=O)NCCC(=O)O)[C@@H]2C(=O)C=CN(C)C2=O)c1. The third kappa shape index (κ3) is 4.95. The van der Waals surface area contributed by atoms with Gasteiger partial charge in [-0.2, -0.15) is 8.78 Å². The van der Waals surface area contributed by atoms with Crippen LogP contribution < -0.4 is 10.2 Å². The van der Waals surface area contributed by atoms with Crippen LogP contribution in [0.15, 0.2) is 60.8 Å². The number of alkyl halides is 2. The summed E-state index contributed by atoms with van der Waals surface area (Å²) in [5.41, 5.74) is -0.418. The molecule has 178 valence electrons. The van der Waals surface area contributed by atoms with Gasteiger partial charge < -0.3 is 15.3 Å². The Morgan fingerprint density at radius 1 is 1.15 bits per heavy atom. The van der Waals surface area contributed by atoms with Gasteiger partial charge in [-0.3, -0.25) is 19.3 Å². The Bertz CT molecular complexity index is 1160. The second-order valence-corrected chi connectivity index (χ2v) is 7.76. The number of rotatable bonds is 7. The Kier molecular flexibility index (Phi) is 7.09. The Morgan fingerprint density at radius 3 is 2.53 bits per heavy atom. The van der Waals surface area contributed by atoms with Gasteiger partial charge in [-0.1, -0.05) is 36.4 Å². The molecule has 3 amide bonds. The molecule has 10 heteroatoms.